The number of benzene rings is 4. The number of thiophene rings is 1. The van der Waals surface area contributed by atoms with Gasteiger partial charge in [-0.15, -0.1) is 11.3 Å². The van der Waals surface area contributed by atoms with Crippen LogP contribution in [0.15, 0.2) is 127 Å². The van der Waals surface area contributed by atoms with Crippen LogP contribution in [0.25, 0.3) is 5.57 Å². The van der Waals surface area contributed by atoms with Crippen LogP contribution in [0, 0.1) is 30.6 Å². The zero-order chi connectivity index (χ0) is 29.8. The molecule has 0 radical (unpaired) electrons. The van der Waals surface area contributed by atoms with Crippen LogP contribution >= 0.6 is 27.2 Å². The highest BCUT2D eigenvalue weighted by molar-refractivity contribution is 7.80. The molecule has 0 amide bonds. The fraction of sp³-hybridized carbons (Fsp3) is 0.250. The molecule has 5 aromatic rings. The van der Waals surface area contributed by atoms with Gasteiger partial charge in [0, 0.05) is 20.6 Å². The van der Waals surface area contributed by atoms with Crippen molar-refractivity contribution in [2.75, 3.05) is 0 Å². The Morgan fingerprint density at radius 3 is 1.44 bits per heavy atom. The molecule has 7 rings (SSSR count). The Balaban J connectivity index is 1.57. The molecule has 0 unspecified atom stereocenters. The summed E-state index contributed by atoms with van der Waals surface area (Å²) in [6.45, 7) is 12.6. The van der Waals surface area contributed by atoms with Crippen LogP contribution in [0.5, 0.6) is 0 Å². The van der Waals surface area contributed by atoms with Gasteiger partial charge in [0.1, 0.15) is 0 Å². The predicted octanol–water partition coefficient (Wildman–Crippen LogP) is 9.42. The van der Waals surface area contributed by atoms with Gasteiger partial charge in [-0.2, -0.15) is 0 Å². The lowest BCUT2D eigenvalue weighted by atomic mass is 9.66. The van der Waals surface area contributed by atoms with Gasteiger partial charge in [-0.05, 0) is 91.4 Å². The van der Waals surface area contributed by atoms with E-state index in [2.05, 4.69) is 156 Å². The van der Waals surface area contributed by atoms with E-state index in [1.807, 2.05) is 11.3 Å². The first-order chi connectivity index (χ1) is 20.8. The fourth-order valence-electron chi connectivity index (χ4n) is 7.93. The topological polar surface area (TPSA) is 0 Å². The summed E-state index contributed by atoms with van der Waals surface area (Å²) in [7, 11) is -1.38. The smallest absolute Gasteiger partial charge is 0.0107 e. The number of rotatable bonds is 7. The van der Waals surface area contributed by atoms with Crippen molar-refractivity contribution in [3.8, 4) is 0 Å². The molecular formula is C40H40P2S. The second kappa shape index (κ2) is 11.3. The first-order valence-electron chi connectivity index (χ1n) is 15.5. The van der Waals surface area contributed by atoms with Gasteiger partial charge in [-0.25, -0.2) is 0 Å². The molecule has 2 aliphatic rings. The lowest BCUT2D eigenvalue weighted by molar-refractivity contribution is 0.189. The minimum Gasteiger partial charge on any atom is -0.145 e. The van der Waals surface area contributed by atoms with Crippen molar-refractivity contribution in [3.05, 3.63) is 142 Å². The zero-order valence-electron chi connectivity index (χ0n) is 25.8. The summed E-state index contributed by atoms with van der Waals surface area (Å²) in [6.07, 6.45) is 2.54. The van der Waals surface area contributed by atoms with Gasteiger partial charge in [0.15, 0.2) is 0 Å². The third-order valence-electron chi connectivity index (χ3n) is 10.4. The van der Waals surface area contributed by atoms with E-state index in [0.29, 0.717) is 5.92 Å². The van der Waals surface area contributed by atoms with Gasteiger partial charge in [0.2, 0.25) is 0 Å². The van der Waals surface area contributed by atoms with E-state index in [9.17, 15) is 0 Å². The molecule has 216 valence electrons. The molecule has 2 atom stereocenters. The summed E-state index contributed by atoms with van der Waals surface area (Å²) in [5.74, 6) is 0.575. The summed E-state index contributed by atoms with van der Waals surface area (Å²) in [4.78, 5) is 2.96. The monoisotopic (exact) mass is 614 g/mol. The van der Waals surface area contributed by atoms with Gasteiger partial charge in [0.25, 0.3) is 0 Å². The van der Waals surface area contributed by atoms with Gasteiger partial charge < -0.3 is 0 Å². The third-order valence-corrected chi connectivity index (χ3v) is 16.8. The molecule has 3 heteroatoms. The molecule has 1 aromatic heterocycles. The maximum atomic E-state index is 2.61. The molecule has 0 spiro atoms. The normalized spacial score (nSPS) is 20.9. The maximum absolute atomic E-state index is 2.61. The Bertz CT molecular complexity index is 1690. The van der Waals surface area contributed by atoms with E-state index in [1.165, 1.54) is 43.8 Å². The molecule has 0 nitrogen and oxygen atoms in total. The van der Waals surface area contributed by atoms with Crippen LogP contribution in [0.2, 0.25) is 0 Å². The van der Waals surface area contributed by atoms with Gasteiger partial charge in [-0.3, -0.25) is 0 Å². The number of hydrogen-bond donors (Lipinski definition) is 0. The van der Waals surface area contributed by atoms with E-state index in [1.54, 1.807) is 21.8 Å². The Hall–Kier alpha value is -2.82. The highest BCUT2D eigenvalue weighted by atomic mass is 32.1. The molecule has 0 saturated heterocycles. The third kappa shape index (κ3) is 4.63. The van der Waals surface area contributed by atoms with Crippen molar-refractivity contribution < 1.29 is 0 Å². The van der Waals surface area contributed by atoms with E-state index >= 15 is 0 Å². The van der Waals surface area contributed by atoms with Gasteiger partial charge in [-0.1, -0.05) is 142 Å². The Kier molecular flexibility index (Phi) is 7.58. The summed E-state index contributed by atoms with van der Waals surface area (Å²) in [6, 6.07) is 45.5. The van der Waals surface area contributed by atoms with Crippen molar-refractivity contribution in [3.63, 3.8) is 0 Å². The first kappa shape index (κ1) is 28.9. The molecule has 2 aliphatic carbocycles. The molecule has 1 heterocycles. The van der Waals surface area contributed by atoms with Crippen LogP contribution in [0.3, 0.4) is 0 Å². The zero-order valence-corrected chi connectivity index (χ0v) is 28.4. The van der Waals surface area contributed by atoms with Gasteiger partial charge >= 0.3 is 0 Å². The van der Waals surface area contributed by atoms with E-state index < -0.39 is 15.8 Å². The highest BCUT2D eigenvalue weighted by Crippen LogP contribution is 2.76. The summed E-state index contributed by atoms with van der Waals surface area (Å²) >= 11 is 2.02. The second-order valence-electron chi connectivity index (χ2n) is 12.9. The molecule has 1 fully saturated rings. The van der Waals surface area contributed by atoms with Crippen LogP contribution in [0.4, 0.5) is 0 Å². The lowest BCUT2D eigenvalue weighted by Gasteiger charge is -2.38. The van der Waals surface area contributed by atoms with Crippen molar-refractivity contribution >= 4 is 59.3 Å². The summed E-state index contributed by atoms with van der Waals surface area (Å²) < 4.78 is 0. The SMILES string of the molecule is Cc1sc(C)c(P(c2ccccc2)c2ccccc2)c1C1=C(P(c2ccccc2)c2ccccc2)[C@H]2CC[C@]1(C)C2(C)C. The number of allylic oxidation sites excluding steroid dienone is 2. The fourth-order valence-corrected chi connectivity index (χ4v) is 15.1. The quantitative estimate of drug-likeness (QED) is 0.160. The largest absolute Gasteiger partial charge is 0.145 e. The Morgan fingerprint density at radius 1 is 0.581 bits per heavy atom. The predicted molar refractivity (Wildman–Crippen MR) is 193 cm³/mol. The maximum Gasteiger partial charge on any atom is 0.0107 e. The minimum absolute atomic E-state index is 0.124. The average Bonchev–Trinajstić information content (AvgIpc) is 3.51. The standard InChI is InChI=1S/C40H40P2S/c1-28-35(37(29(2)43-28)41(30-18-10-6-11-19-30)31-20-12-7-13-21-31)36-38(34-26-27-40(36,5)39(34,3)4)42(32-22-14-8-15-23-32)33-24-16-9-17-25-33/h6-25,34H,26-27H2,1-5H3/t34-,40+/m1/s1. The van der Waals surface area contributed by atoms with Crippen molar-refractivity contribution in [2.45, 2.75) is 47.5 Å². The van der Waals surface area contributed by atoms with Crippen LogP contribution in [0.1, 0.15) is 48.9 Å². The molecular weight excluding hydrogens is 574 g/mol. The molecule has 0 aliphatic heterocycles. The lowest BCUT2D eigenvalue weighted by Crippen LogP contribution is -2.31. The highest BCUT2D eigenvalue weighted by Gasteiger charge is 2.62. The Morgan fingerprint density at radius 2 is 1.00 bits per heavy atom. The number of aryl methyl sites for hydroxylation is 2. The molecule has 4 aromatic carbocycles. The van der Waals surface area contributed by atoms with E-state index in [0.717, 1.165) is 0 Å². The van der Waals surface area contributed by atoms with Crippen molar-refractivity contribution in [1.29, 1.82) is 0 Å². The Labute approximate surface area is 264 Å². The minimum atomic E-state index is -0.709. The number of fused-ring (bicyclic) bond motifs is 2. The van der Waals surface area contributed by atoms with Gasteiger partial charge in [0.05, 0.1) is 0 Å². The first-order valence-corrected chi connectivity index (χ1v) is 19.0. The average molecular weight is 615 g/mol. The summed E-state index contributed by atoms with van der Waals surface area (Å²) in [5.41, 5.74) is 3.58. The molecule has 2 bridgehead atoms. The van der Waals surface area contributed by atoms with Crippen LogP contribution in [-0.4, -0.2) is 0 Å². The molecule has 0 N–H and O–H groups in total. The van der Waals surface area contributed by atoms with Crippen molar-refractivity contribution in [1.82, 2.24) is 0 Å². The van der Waals surface area contributed by atoms with E-state index in [4.69, 9.17) is 0 Å². The van der Waals surface area contributed by atoms with E-state index in [-0.39, 0.29) is 10.8 Å². The number of hydrogen-bond acceptors (Lipinski definition) is 1. The summed E-state index contributed by atoms with van der Waals surface area (Å²) in [5, 5.41) is 9.15. The van der Waals surface area contributed by atoms with Crippen LogP contribution in [-0.2, 0) is 0 Å². The second-order valence-corrected chi connectivity index (χ2v) is 18.6. The molecule has 43 heavy (non-hydrogen) atoms. The molecule has 1 saturated carbocycles. The van der Waals surface area contributed by atoms with Crippen LogP contribution < -0.4 is 26.5 Å². The van der Waals surface area contributed by atoms with Crippen molar-refractivity contribution in [2.24, 2.45) is 16.7 Å².